The van der Waals surface area contributed by atoms with Crippen LogP contribution in [0.4, 0.5) is 21.7 Å². The number of fused-ring (bicyclic) bond motifs is 2. The van der Waals surface area contributed by atoms with Crippen LogP contribution in [-0.2, 0) is 0 Å². The van der Waals surface area contributed by atoms with E-state index in [4.69, 9.17) is 5.73 Å². The third-order valence-electron chi connectivity index (χ3n) is 5.78. The minimum Gasteiger partial charge on any atom is -0.366 e. The van der Waals surface area contributed by atoms with E-state index >= 15 is 0 Å². The summed E-state index contributed by atoms with van der Waals surface area (Å²) >= 11 is 0. The molecule has 0 saturated carbocycles. The largest absolute Gasteiger partial charge is 0.366 e. The van der Waals surface area contributed by atoms with Gasteiger partial charge in [-0.1, -0.05) is 34.1 Å². The van der Waals surface area contributed by atoms with Crippen molar-refractivity contribution in [1.29, 1.82) is 0 Å². The molecule has 0 radical (unpaired) electrons. The van der Waals surface area contributed by atoms with Crippen LogP contribution in [0.25, 0.3) is 21.7 Å². The lowest BCUT2D eigenvalue weighted by atomic mass is 10.0. The number of aromatic nitrogens is 4. The second kappa shape index (κ2) is 11.1. The van der Waals surface area contributed by atoms with Gasteiger partial charge in [0.15, 0.2) is 0 Å². The summed E-state index contributed by atoms with van der Waals surface area (Å²) in [6.45, 7) is 10.1. The molecule has 0 aliphatic carbocycles. The lowest BCUT2D eigenvalue weighted by molar-refractivity contribution is 0.505. The maximum atomic E-state index is 14.3. The number of nitrogens with one attached hydrogen (secondary N) is 4. The van der Waals surface area contributed by atoms with Crippen molar-refractivity contribution < 1.29 is 4.39 Å². The molecule has 2 unspecified atom stereocenters. The molecule has 3 aromatic heterocycles. The van der Waals surface area contributed by atoms with E-state index < -0.39 is 0 Å². The molecule has 0 spiro atoms. The Hall–Kier alpha value is -3.46. The number of anilines is 3. The lowest BCUT2D eigenvalue weighted by Gasteiger charge is -2.25. The Kier molecular flexibility index (Phi) is 8.22. The molecule has 182 valence electrons. The van der Waals surface area contributed by atoms with Gasteiger partial charge in [-0.05, 0) is 43.5 Å². The first-order valence-electron chi connectivity index (χ1n) is 11.9. The van der Waals surface area contributed by atoms with Gasteiger partial charge in [-0.2, -0.15) is 5.10 Å². The number of pyridine rings is 1. The van der Waals surface area contributed by atoms with Crippen molar-refractivity contribution in [1.82, 2.24) is 20.2 Å². The molecule has 0 amide bonds. The summed E-state index contributed by atoms with van der Waals surface area (Å²) in [7, 11) is 0. The summed E-state index contributed by atoms with van der Waals surface area (Å²) in [6.07, 6.45) is 6.07. The van der Waals surface area contributed by atoms with E-state index in [-0.39, 0.29) is 23.5 Å². The number of nitrogens with zero attached hydrogens (tertiary/aromatic N) is 2. The van der Waals surface area contributed by atoms with Gasteiger partial charge in [0.2, 0.25) is 0 Å². The molecular weight excluding hydrogens is 433 g/mol. The molecule has 4 rings (SSSR count). The molecule has 0 aliphatic heterocycles. The zero-order valence-electron chi connectivity index (χ0n) is 20.4. The van der Waals surface area contributed by atoms with Crippen molar-refractivity contribution in [2.24, 2.45) is 5.73 Å². The number of nitrogens with two attached hydrogens (primary N) is 1. The van der Waals surface area contributed by atoms with Crippen LogP contribution in [0.3, 0.4) is 0 Å². The van der Waals surface area contributed by atoms with Gasteiger partial charge in [-0.25, -0.2) is 14.5 Å². The number of benzene rings is 1. The number of aryl methyl sites for hydroxylation is 1. The van der Waals surface area contributed by atoms with Gasteiger partial charge >= 0.3 is 0 Å². The first-order chi connectivity index (χ1) is 16.4. The molecule has 3 heterocycles. The molecule has 1 aromatic carbocycles. The predicted molar refractivity (Wildman–Crippen MR) is 138 cm³/mol. The van der Waals surface area contributed by atoms with Crippen molar-refractivity contribution in [2.75, 3.05) is 10.6 Å². The van der Waals surface area contributed by atoms with Gasteiger partial charge in [0.05, 0.1) is 22.8 Å². The van der Waals surface area contributed by atoms with Gasteiger partial charge in [-0.15, -0.1) is 0 Å². The van der Waals surface area contributed by atoms with E-state index in [1.165, 1.54) is 12.1 Å². The molecule has 0 bridgehead atoms. The summed E-state index contributed by atoms with van der Waals surface area (Å²) < 4.78 is 14.3. The number of halogens is 1. The van der Waals surface area contributed by atoms with Gasteiger partial charge in [0.25, 0.3) is 5.56 Å². The quantitative estimate of drug-likeness (QED) is 0.238. The van der Waals surface area contributed by atoms with Crippen molar-refractivity contribution in [3.8, 4) is 0 Å². The fourth-order valence-electron chi connectivity index (χ4n) is 4.02. The van der Waals surface area contributed by atoms with Gasteiger partial charge in [-0.3, -0.25) is 4.79 Å². The number of rotatable bonds is 8. The minimum atomic E-state index is -0.381. The minimum absolute atomic E-state index is 0.0321. The second-order valence-electron chi connectivity index (χ2n) is 8.10. The van der Waals surface area contributed by atoms with Crippen LogP contribution in [0.1, 0.15) is 52.5 Å². The predicted octanol–water partition coefficient (Wildman–Crippen LogP) is 5.33. The van der Waals surface area contributed by atoms with Crippen LogP contribution < -0.4 is 21.9 Å². The third kappa shape index (κ3) is 5.20. The SMILES string of the molecule is CC.CCCC(Nc1cc2cn[nH]c(=O)c2c(Nc2cc(F)cc3c(C)c[nH]c23)n1)C(N)CC. The van der Waals surface area contributed by atoms with Crippen molar-refractivity contribution in [3.63, 3.8) is 0 Å². The van der Waals surface area contributed by atoms with E-state index in [0.29, 0.717) is 28.1 Å². The van der Waals surface area contributed by atoms with E-state index in [1.807, 2.05) is 33.9 Å². The summed E-state index contributed by atoms with van der Waals surface area (Å²) in [5.41, 5.74) is 8.08. The number of H-pyrrole nitrogens is 2. The van der Waals surface area contributed by atoms with Crippen LogP contribution in [0.2, 0.25) is 0 Å². The van der Waals surface area contributed by atoms with E-state index in [9.17, 15) is 9.18 Å². The lowest BCUT2D eigenvalue weighted by Crippen LogP contribution is -2.40. The highest BCUT2D eigenvalue weighted by atomic mass is 19.1. The van der Waals surface area contributed by atoms with Crippen molar-refractivity contribution >= 4 is 39.0 Å². The van der Waals surface area contributed by atoms with Crippen molar-refractivity contribution in [3.05, 3.63) is 52.3 Å². The number of hydrogen-bond acceptors (Lipinski definition) is 6. The molecule has 6 N–H and O–H groups in total. The average Bonchev–Trinajstić information content (AvgIpc) is 3.20. The fourth-order valence-corrected chi connectivity index (χ4v) is 4.02. The highest BCUT2D eigenvalue weighted by molar-refractivity contribution is 5.99. The first kappa shape index (κ1) is 25.2. The summed E-state index contributed by atoms with van der Waals surface area (Å²) in [6, 6.07) is 4.64. The van der Waals surface area contributed by atoms with Gasteiger partial charge in [0.1, 0.15) is 17.5 Å². The summed E-state index contributed by atoms with van der Waals surface area (Å²) in [5.74, 6) is 0.506. The average molecular weight is 468 g/mol. The maximum Gasteiger partial charge on any atom is 0.275 e. The Morgan fingerprint density at radius 2 is 1.97 bits per heavy atom. The van der Waals surface area contributed by atoms with Gasteiger partial charge < -0.3 is 21.4 Å². The molecule has 0 saturated heterocycles. The Bertz CT molecular complexity index is 1310. The van der Waals surface area contributed by atoms with Crippen LogP contribution in [0.5, 0.6) is 0 Å². The highest BCUT2D eigenvalue weighted by Gasteiger charge is 2.18. The Labute approximate surface area is 198 Å². The maximum absolute atomic E-state index is 14.3. The molecule has 0 fully saturated rings. The second-order valence-corrected chi connectivity index (χ2v) is 8.10. The third-order valence-corrected chi connectivity index (χ3v) is 5.78. The molecule has 4 aromatic rings. The normalized spacial score (nSPS) is 12.8. The van der Waals surface area contributed by atoms with Crippen LogP contribution in [0, 0.1) is 12.7 Å². The van der Waals surface area contributed by atoms with E-state index in [1.54, 1.807) is 12.3 Å². The standard InChI is InChI=1S/C23H28FN7O.C2H6/c1-4-6-17(16(25)5-2)28-19-7-13-11-27-31-23(32)20(13)22(30-19)29-18-9-14(24)8-15-12(3)10-26-21(15)18;1-2/h7-11,16-17,26H,4-6,25H2,1-3H3,(H,31,32)(H2,28,29,30);1-2H3. The van der Waals surface area contributed by atoms with E-state index in [2.05, 4.69) is 37.7 Å². The fraction of sp³-hybridized carbons (Fsp3) is 0.400. The van der Waals surface area contributed by atoms with E-state index in [0.717, 1.165) is 35.7 Å². The first-order valence-corrected chi connectivity index (χ1v) is 11.9. The molecular formula is C25H34FN7O. The smallest absolute Gasteiger partial charge is 0.275 e. The molecule has 2 atom stereocenters. The van der Waals surface area contributed by atoms with Crippen LogP contribution in [0.15, 0.2) is 35.4 Å². The summed E-state index contributed by atoms with van der Waals surface area (Å²) in [5, 5.41) is 14.7. The van der Waals surface area contributed by atoms with Crippen molar-refractivity contribution in [2.45, 2.75) is 66.0 Å². The zero-order valence-corrected chi connectivity index (χ0v) is 20.4. The Morgan fingerprint density at radius 1 is 1.21 bits per heavy atom. The number of aromatic amines is 2. The monoisotopic (exact) mass is 467 g/mol. The highest BCUT2D eigenvalue weighted by Crippen LogP contribution is 2.31. The van der Waals surface area contributed by atoms with Crippen LogP contribution >= 0.6 is 0 Å². The summed E-state index contributed by atoms with van der Waals surface area (Å²) in [4.78, 5) is 20.4. The van der Waals surface area contributed by atoms with Gasteiger partial charge in [0, 0.05) is 29.1 Å². The molecule has 9 heteroatoms. The zero-order chi connectivity index (χ0) is 24.8. The number of hydrogen-bond donors (Lipinski definition) is 5. The Balaban J connectivity index is 0.00000158. The molecule has 8 nitrogen and oxygen atoms in total. The van der Waals surface area contributed by atoms with Crippen LogP contribution in [-0.4, -0.2) is 32.2 Å². The molecule has 34 heavy (non-hydrogen) atoms. The topological polar surface area (TPSA) is 125 Å². The molecule has 0 aliphatic rings. The Morgan fingerprint density at radius 3 is 2.68 bits per heavy atom.